The van der Waals surface area contributed by atoms with Crippen LogP contribution in [0, 0.1) is 5.92 Å². The van der Waals surface area contributed by atoms with Gasteiger partial charge in [-0.3, -0.25) is 4.79 Å². The van der Waals surface area contributed by atoms with Gasteiger partial charge in [0.2, 0.25) is 5.91 Å². The summed E-state index contributed by atoms with van der Waals surface area (Å²) in [4.78, 5) is 11.6. The van der Waals surface area contributed by atoms with E-state index in [0.29, 0.717) is 19.4 Å². The number of ether oxygens (including phenoxy) is 1. The number of carbonyl (C=O) groups excluding carboxylic acids is 1. The highest BCUT2D eigenvalue weighted by Gasteiger charge is 2.13. The van der Waals surface area contributed by atoms with Crippen LogP contribution in [0.1, 0.15) is 26.7 Å². The summed E-state index contributed by atoms with van der Waals surface area (Å²) >= 11 is 0. The summed E-state index contributed by atoms with van der Waals surface area (Å²) in [7, 11) is 0. The fourth-order valence-corrected chi connectivity index (χ4v) is 1.57. The largest absolute Gasteiger partial charge is 0.494 e. The second-order valence-corrected chi connectivity index (χ2v) is 4.78. The van der Waals surface area contributed by atoms with Crippen LogP contribution in [0.5, 0.6) is 5.75 Å². The van der Waals surface area contributed by atoms with Gasteiger partial charge in [0.05, 0.1) is 6.61 Å². The van der Waals surface area contributed by atoms with E-state index in [-0.39, 0.29) is 24.5 Å². The van der Waals surface area contributed by atoms with Crippen molar-refractivity contribution in [1.82, 2.24) is 5.32 Å². The summed E-state index contributed by atoms with van der Waals surface area (Å²) in [6, 6.07) is 9.55. The Kier molecular flexibility index (Phi) is 6.97. The number of rotatable bonds is 8. The lowest BCUT2D eigenvalue weighted by Gasteiger charge is -2.19. The maximum atomic E-state index is 11.6. The molecule has 0 aromatic heterocycles. The topological polar surface area (TPSA) is 58.6 Å². The number of nitrogens with one attached hydrogen (secondary N) is 1. The molecule has 2 atom stereocenters. The molecule has 0 aliphatic rings. The second-order valence-electron chi connectivity index (χ2n) is 4.78. The number of amides is 1. The standard InChI is InChI=1S/C15H23NO3/c1-12(11-17)13(2)16-15(18)9-6-10-19-14-7-4-3-5-8-14/h3-5,7-8,12-13,17H,6,9-11H2,1-2H3,(H,16,18). The van der Waals surface area contributed by atoms with Gasteiger partial charge in [0.1, 0.15) is 5.75 Å². The number of hydrogen-bond acceptors (Lipinski definition) is 3. The molecule has 4 nitrogen and oxygen atoms in total. The van der Waals surface area contributed by atoms with Crippen molar-refractivity contribution in [2.75, 3.05) is 13.2 Å². The van der Waals surface area contributed by atoms with Gasteiger partial charge in [0.25, 0.3) is 0 Å². The summed E-state index contributed by atoms with van der Waals surface area (Å²) in [6.07, 6.45) is 1.12. The Morgan fingerprint density at radius 1 is 1.32 bits per heavy atom. The van der Waals surface area contributed by atoms with Crippen molar-refractivity contribution in [3.63, 3.8) is 0 Å². The Hall–Kier alpha value is -1.55. The fourth-order valence-electron chi connectivity index (χ4n) is 1.57. The number of hydrogen-bond donors (Lipinski definition) is 2. The van der Waals surface area contributed by atoms with Gasteiger partial charge >= 0.3 is 0 Å². The third kappa shape index (κ3) is 6.25. The lowest BCUT2D eigenvalue weighted by atomic mass is 10.1. The van der Waals surface area contributed by atoms with E-state index >= 15 is 0 Å². The van der Waals surface area contributed by atoms with Crippen molar-refractivity contribution in [3.05, 3.63) is 30.3 Å². The zero-order valence-corrected chi connectivity index (χ0v) is 11.6. The molecule has 1 rings (SSSR count). The molecule has 0 radical (unpaired) electrons. The molecule has 0 fully saturated rings. The van der Waals surface area contributed by atoms with E-state index in [1.807, 2.05) is 44.2 Å². The van der Waals surface area contributed by atoms with Crippen molar-refractivity contribution in [3.8, 4) is 5.75 Å². The van der Waals surface area contributed by atoms with Gasteiger partial charge in [-0.25, -0.2) is 0 Å². The quantitative estimate of drug-likeness (QED) is 0.707. The van der Waals surface area contributed by atoms with E-state index in [1.165, 1.54) is 0 Å². The van der Waals surface area contributed by atoms with Crippen LogP contribution in [0.4, 0.5) is 0 Å². The minimum Gasteiger partial charge on any atom is -0.494 e. The van der Waals surface area contributed by atoms with E-state index in [1.54, 1.807) is 0 Å². The number of aliphatic hydroxyl groups excluding tert-OH is 1. The van der Waals surface area contributed by atoms with Crippen LogP contribution in [0.3, 0.4) is 0 Å². The fraction of sp³-hybridized carbons (Fsp3) is 0.533. The molecule has 0 saturated heterocycles. The van der Waals surface area contributed by atoms with Crippen molar-refractivity contribution < 1.29 is 14.6 Å². The average molecular weight is 265 g/mol. The lowest BCUT2D eigenvalue weighted by molar-refractivity contribution is -0.122. The first-order valence-corrected chi connectivity index (χ1v) is 6.71. The Labute approximate surface area is 114 Å². The van der Waals surface area contributed by atoms with E-state index in [9.17, 15) is 4.79 Å². The molecule has 0 aliphatic carbocycles. The Morgan fingerprint density at radius 2 is 2.00 bits per heavy atom. The molecule has 0 aliphatic heterocycles. The van der Waals surface area contributed by atoms with Gasteiger partial charge in [-0.05, 0) is 31.4 Å². The maximum absolute atomic E-state index is 11.6. The maximum Gasteiger partial charge on any atom is 0.220 e. The highest BCUT2D eigenvalue weighted by Crippen LogP contribution is 2.09. The molecule has 0 saturated carbocycles. The molecule has 19 heavy (non-hydrogen) atoms. The first kappa shape index (κ1) is 15.5. The van der Waals surface area contributed by atoms with Gasteiger partial charge in [-0.15, -0.1) is 0 Å². The number of carbonyl (C=O) groups is 1. The summed E-state index contributed by atoms with van der Waals surface area (Å²) in [6.45, 7) is 4.42. The van der Waals surface area contributed by atoms with Crippen LogP contribution < -0.4 is 10.1 Å². The zero-order chi connectivity index (χ0) is 14.1. The average Bonchev–Trinajstić information content (AvgIpc) is 2.43. The Morgan fingerprint density at radius 3 is 2.63 bits per heavy atom. The minimum absolute atomic E-state index is 0.00413. The molecule has 106 valence electrons. The zero-order valence-electron chi connectivity index (χ0n) is 11.6. The summed E-state index contributed by atoms with van der Waals surface area (Å²) in [5.74, 6) is 0.902. The van der Waals surface area contributed by atoms with Gasteiger partial charge < -0.3 is 15.2 Å². The molecular weight excluding hydrogens is 242 g/mol. The van der Waals surface area contributed by atoms with Crippen LogP contribution in [0.25, 0.3) is 0 Å². The number of benzene rings is 1. The van der Waals surface area contributed by atoms with Crippen molar-refractivity contribution >= 4 is 5.91 Å². The van der Waals surface area contributed by atoms with Gasteiger partial charge in [0.15, 0.2) is 0 Å². The summed E-state index contributed by atoms with van der Waals surface area (Å²) in [5.41, 5.74) is 0. The Balaban J connectivity index is 2.14. The van der Waals surface area contributed by atoms with Gasteiger partial charge in [-0.2, -0.15) is 0 Å². The van der Waals surface area contributed by atoms with Crippen LogP contribution in [-0.4, -0.2) is 30.3 Å². The second kappa shape index (κ2) is 8.53. The molecule has 4 heteroatoms. The third-order valence-corrected chi connectivity index (χ3v) is 3.09. The van der Waals surface area contributed by atoms with Crippen molar-refractivity contribution in [2.45, 2.75) is 32.7 Å². The monoisotopic (exact) mass is 265 g/mol. The predicted octanol–water partition coefficient (Wildman–Crippen LogP) is 1.98. The highest BCUT2D eigenvalue weighted by atomic mass is 16.5. The highest BCUT2D eigenvalue weighted by molar-refractivity contribution is 5.76. The molecule has 0 spiro atoms. The van der Waals surface area contributed by atoms with Crippen LogP contribution in [-0.2, 0) is 4.79 Å². The first-order valence-electron chi connectivity index (χ1n) is 6.71. The number of para-hydroxylation sites is 1. The van der Waals surface area contributed by atoms with E-state index in [2.05, 4.69) is 5.32 Å². The van der Waals surface area contributed by atoms with E-state index in [0.717, 1.165) is 5.75 Å². The van der Waals surface area contributed by atoms with Crippen molar-refractivity contribution in [2.24, 2.45) is 5.92 Å². The number of aliphatic hydroxyl groups is 1. The summed E-state index contributed by atoms with van der Waals surface area (Å²) in [5, 5.41) is 11.9. The normalized spacial score (nSPS) is 13.6. The van der Waals surface area contributed by atoms with Gasteiger partial charge in [0, 0.05) is 19.1 Å². The van der Waals surface area contributed by atoms with Crippen LogP contribution >= 0.6 is 0 Å². The lowest BCUT2D eigenvalue weighted by Crippen LogP contribution is -2.38. The van der Waals surface area contributed by atoms with Crippen molar-refractivity contribution in [1.29, 1.82) is 0 Å². The predicted molar refractivity (Wildman–Crippen MR) is 75.0 cm³/mol. The smallest absolute Gasteiger partial charge is 0.220 e. The molecule has 1 amide bonds. The van der Waals surface area contributed by atoms with E-state index < -0.39 is 0 Å². The molecule has 0 heterocycles. The molecule has 2 N–H and O–H groups in total. The molecule has 0 bridgehead atoms. The minimum atomic E-state index is -0.00691. The first-order chi connectivity index (χ1) is 9.13. The summed E-state index contributed by atoms with van der Waals surface area (Å²) < 4.78 is 5.51. The molecular formula is C15H23NO3. The molecule has 1 aromatic rings. The molecule has 1 aromatic carbocycles. The SMILES string of the molecule is CC(CO)C(C)NC(=O)CCCOc1ccccc1. The third-order valence-electron chi connectivity index (χ3n) is 3.09. The molecule has 2 unspecified atom stereocenters. The Bertz CT molecular complexity index is 367. The van der Waals surface area contributed by atoms with Gasteiger partial charge in [-0.1, -0.05) is 25.1 Å². The van der Waals surface area contributed by atoms with Crippen LogP contribution in [0.2, 0.25) is 0 Å². The van der Waals surface area contributed by atoms with Crippen LogP contribution in [0.15, 0.2) is 30.3 Å². The van der Waals surface area contributed by atoms with E-state index in [4.69, 9.17) is 9.84 Å².